The predicted octanol–water partition coefficient (Wildman–Crippen LogP) is 2.30. The molecular formula is C13H26N2. The zero-order valence-corrected chi connectivity index (χ0v) is 10.1. The molecule has 15 heavy (non-hydrogen) atoms. The van der Waals surface area contributed by atoms with Crippen molar-refractivity contribution in [1.82, 2.24) is 10.6 Å². The highest BCUT2D eigenvalue weighted by atomic mass is 15.0. The van der Waals surface area contributed by atoms with Crippen LogP contribution in [0.15, 0.2) is 0 Å². The maximum absolute atomic E-state index is 3.81. The smallest absolute Gasteiger partial charge is 0.00673 e. The summed E-state index contributed by atoms with van der Waals surface area (Å²) in [6.45, 7) is 2.45. The molecule has 2 nitrogen and oxygen atoms in total. The van der Waals surface area contributed by atoms with Crippen LogP contribution in [0.3, 0.4) is 0 Å². The van der Waals surface area contributed by atoms with Gasteiger partial charge in [-0.15, -0.1) is 0 Å². The monoisotopic (exact) mass is 210 g/mol. The molecule has 0 unspecified atom stereocenters. The van der Waals surface area contributed by atoms with Crippen LogP contribution >= 0.6 is 0 Å². The Kier molecular flexibility index (Phi) is 4.04. The van der Waals surface area contributed by atoms with E-state index in [0.29, 0.717) is 5.41 Å². The summed E-state index contributed by atoms with van der Waals surface area (Å²) in [6.07, 6.45) is 11.5. The van der Waals surface area contributed by atoms with E-state index in [0.717, 1.165) is 6.04 Å². The van der Waals surface area contributed by atoms with E-state index in [9.17, 15) is 0 Å². The van der Waals surface area contributed by atoms with Gasteiger partial charge in [-0.05, 0) is 38.1 Å². The minimum absolute atomic E-state index is 0.603. The summed E-state index contributed by atoms with van der Waals surface area (Å²) in [5.74, 6) is 0. The Labute approximate surface area is 94.2 Å². The van der Waals surface area contributed by atoms with Crippen LogP contribution in [0.25, 0.3) is 0 Å². The minimum atomic E-state index is 0.603. The second kappa shape index (κ2) is 5.31. The van der Waals surface area contributed by atoms with Gasteiger partial charge in [-0.1, -0.05) is 25.7 Å². The number of hydrogen-bond donors (Lipinski definition) is 2. The second-order valence-corrected chi connectivity index (χ2v) is 5.60. The Bertz CT molecular complexity index is 181. The fourth-order valence-corrected chi connectivity index (χ4v) is 3.14. The maximum Gasteiger partial charge on any atom is 0.00673 e. The lowest BCUT2D eigenvalue weighted by Crippen LogP contribution is -2.49. The summed E-state index contributed by atoms with van der Waals surface area (Å²) in [5.41, 5.74) is 0.603. The number of hydrogen-bond acceptors (Lipinski definition) is 2. The SMILES string of the molecule is CNCC1(CNC2CCCCC2)CCC1. The van der Waals surface area contributed by atoms with Crippen LogP contribution in [0.5, 0.6) is 0 Å². The summed E-state index contributed by atoms with van der Waals surface area (Å²) in [4.78, 5) is 0. The second-order valence-electron chi connectivity index (χ2n) is 5.60. The zero-order chi connectivity index (χ0) is 10.6. The van der Waals surface area contributed by atoms with Crippen LogP contribution in [0.4, 0.5) is 0 Å². The highest BCUT2D eigenvalue weighted by Gasteiger charge is 2.36. The van der Waals surface area contributed by atoms with Crippen LogP contribution < -0.4 is 10.6 Å². The molecule has 0 heterocycles. The Morgan fingerprint density at radius 1 is 1.00 bits per heavy atom. The molecule has 0 aromatic carbocycles. The van der Waals surface area contributed by atoms with Gasteiger partial charge in [-0.3, -0.25) is 0 Å². The van der Waals surface area contributed by atoms with E-state index in [2.05, 4.69) is 17.7 Å². The lowest BCUT2D eigenvalue weighted by Gasteiger charge is -2.43. The van der Waals surface area contributed by atoms with Crippen molar-refractivity contribution < 1.29 is 0 Å². The van der Waals surface area contributed by atoms with E-state index in [-0.39, 0.29) is 0 Å². The average molecular weight is 210 g/mol. The number of rotatable bonds is 5. The van der Waals surface area contributed by atoms with E-state index in [1.165, 1.54) is 64.5 Å². The summed E-state index contributed by atoms with van der Waals surface area (Å²) in [6, 6.07) is 0.827. The van der Waals surface area contributed by atoms with Crippen molar-refractivity contribution in [2.24, 2.45) is 5.41 Å². The molecule has 0 aromatic rings. The third-order valence-corrected chi connectivity index (χ3v) is 4.34. The molecule has 0 spiro atoms. The van der Waals surface area contributed by atoms with Gasteiger partial charge in [0.1, 0.15) is 0 Å². The highest BCUT2D eigenvalue weighted by Crippen LogP contribution is 2.39. The molecule has 0 bridgehead atoms. The quantitative estimate of drug-likeness (QED) is 0.727. The molecule has 0 aliphatic heterocycles. The summed E-state index contributed by atoms with van der Waals surface area (Å²) in [5, 5.41) is 7.17. The minimum Gasteiger partial charge on any atom is -0.319 e. The molecule has 0 radical (unpaired) electrons. The van der Waals surface area contributed by atoms with Crippen molar-refractivity contribution in [3.8, 4) is 0 Å². The molecule has 88 valence electrons. The molecular weight excluding hydrogens is 184 g/mol. The normalized spacial score (nSPS) is 26.2. The average Bonchev–Trinajstić information content (AvgIpc) is 2.23. The van der Waals surface area contributed by atoms with Gasteiger partial charge in [0.2, 0.25) is 0 Å². The lowest BCUT2D eigenvalue weighted by molar-refractivity contribution is 0.121. The van der Waals surface area contributed by atoms with Gasteiger partial charge in [0.25, 0.3) is 0 Å². The van der Waals surface area contributed by atoms with Gasteiger partial charge in [-0.25, -0.2) is 0 Å². The van der Waals surface area contributed by atoms with Crippen LogP contribution in [0.1, 0.15) is 51.4 Å². The first-order chi connectivity index (χ1) is 7.35. The van der Waals surface area contributed by atoms with Gasteiger partial charge in [0, 0.05) is 19.1 Å². The largest absolute Gasteiger partial charge is 0.319 e. The van der Waals surface area contributed by atoms with Gasteiger partial charge < -0.3 is 10.6 Å². The molecule has 2 fully saturated rings. The van der Waals surface area contributed by atoms with E-state index in [1.807, 2.05) is 0 Å². The van der Waals surface area contributed by atoms with Crippen LogP contribution in [-0.4, -0.2) is 26.2 Å². The van der Waals surface area contributed by atoms with Gasteiger partial charge in [0.15, 0.2) is 0 Å². The Hall–Kier alpha value is -0.0800. The van der Waals surface area contributed by atoms with E-state index < -0.39 is 0 Å². The van der Waals surface area contributed by atoms with Crippen molar-refractivity contribution in [1.29, 1.82) is 0 Å². The van der Waals surface area contributed by atoms with Crippen LogP contribution in [0, 0.1) is 5.41 Å². The first-order valence-corrected chi connectivity index (χ1v) is 6.73. The van der Waals surface area contributed by atoms with Crippen molar-refractivity contribution in [2.45, 2.75) is 57.4 Å². The predicted molar refractivity (Wildman–Crippen MR) is 65.1 cm³/mol. The maximum atomic E-state index is 3.81. The van der Waals surface area contributed by atoms with Crippen molar-refractivity contribution in [3.05, 3.63) is 0 Å². The van der Waals surface area contributed by atoms with Crippen molar-refractivity contribution in [2.75, 3.05) is 20.1 Å². The third-order valence-electron chi connectivity index (χ3n) is 4.34. The lowest BCUT2D eigenvalue weighted by atomic mass is 9.68. The fourth-order valence-electron chi connectivity index (χ4n) is 3.14. The van der Waals surface area contributed by atoms with Gasteiger partial charge >= 0.3 is 0 Å². The molecule has 0 atom stereocenters. The van der Waals surface area contributed by atoms with Crippen molar-refractivity contribution in [3.63, 3.8) is 0 Å². The topological polar surface area (TPSA) is 24.1 Å². The van der Waals surface area contributed by atoms with Gasteiger partial charge in [-0.2, -0.15) is 0 Å². The van der Waals surface area contributed by atoms with E-state index >= 15 is 0 Å². The third kappa shape index (κ3) is 2.94. The standard InChI is InChI=1S/C13H26N2/c1-14-10-13(8-5-9-13)11-15-12-6-3-2-4-7-12/h12,14-15H,2-11H2,1H3. The molecule has 2 heteroatoms. The molecule has 2 aliphatic carbocycles. The van der Waals surface area contributed by atoms with Crippen molar-refractivity contribution >= 4 is 0 Å². The van der Waals surface area contributed by atoms with Gasteiger partial charge in [0.05, 0.1) is 0 Å². The molecule has 2 aliphatic rings. The first kappa shape index (κ1) is 11.4. The zero-order valence-electron chi connectivity index (χ0n) is 10.1. The summed E-state index contributed by atoms with van der Waals surface area (Å²) in [7, 11) is 2.08. The van der Waals surface area contributed by atoms with Crippen LogP contribution in [0.2, 0.25) is 0 Å². The molecule has 0 saturated heterocycles. The highest BCUT2D eigenvalue weighted by molar-refractivity contribution is 4.92. The Morgan fingerprint density at radius 2 is 1.73 bits per heavy atom. The molecule has 0 amide bonds. The molecule has 0 aromatic heterocycles. The summed E-state index contributed by atoms with van der Waals surface area (Å²) >= 11 is 0. The Balaban J connectivity index is 1.70. The summed E-state index contributed by atoms with van der Waals surface area (Å²) < 4.78 is 0. The Morgan fingerprint density at radius 3 is 2.27 bits per heavy atom. The molecule has 2 N–H and O–H groups in total. The molecule has 2 saturated carbocycles. The van der Waals surface area contributed by atoms with Crippen LogP contribution in [-0.2, 0) is 0 Å². The molecule has 2 rings (SSSR count). The fraction of sp³-hybridized carbons (Fsp3) is 1.00. The number of nitrogens with one attached hydrogen (secondary N) is 2. The van der Waals surface area contributed by atoms with E-state index in [1.54, 1.807) is 0 Å². The van der Waals surface area contributed by atoms with E-state index in [4.69, 9.17) is 0 Å². The first-order valence-electron chi connectivity index (χ1n) is 6.73.